The largest absolute Gasteiger partial charge is 0.484 e. The standard InChI is InChI=1S/C22H26FNO3/c1-2-17-9-11-19(12-10-17)27-16-22(25)24(15-20-7-5-13-26-20)14-18-6-3-4-8-21(18)23/h3-4,6,8-12,20H,2,5,7,13-16H2,1H3. The highest BCUT2D eigenvalue weighted by Gasteiger charge is 2.23. The van der Waals surface area contributed by atoms with Crippen LogP contribution in [0.2, 0.25) is 0 Å². The minimum Gasteiger partial charge on any atom is -0.484 e. The molecule has 0 N–H and O–H groups in total. The lowest BCUT2D eigenvalue weighted by Crippen LogP contribution is -2.39. The van der Waals surface area contributed by atoms with Gasteiger partial charge in [0, 0.05) is 25.3 Å². The molecule has 144 valence electrons. The molecule has 2 aromatic carbocycles. The first kappa shape index (κ1) is 19.4. The van der Waals surface area contributed by atoms with Gasteiger partial charge in [-0.05, 0) is 43.0 Å². The first-order valence-electron chi connectivity index (χ1n) is 9.50. The van der Waals surface area contributed by atoms with E-state index < -0.39 is 0 Å². The molecule has 0 saturated carbocycles. The molecule has 27 heavy (non-hydrogen) atoms. The predicted molar refractivity (Wildman–Crippen MR) is 102 cm³/mol. The van der Waals surface area contributed by atoms with E-state index in [1.165, 1.54) is 11.6 Å². The summed E-state index contributed by atoms with van der Waals surface area (Å²) >= 11 is 0. The van der Waals surface area contributed by atoms with Crippen LogP contribution in [0.1, 0.15) is 30.9 Å². The fraction of sp³-hybridized carbons (Fsp3) is 0.409. The van der Waals surface area contributed by atoms with Gasteiger partial charge in [-0.1, -0.05) is 37.3 Å². The average molecular weight is 371 g/mol. The number of ether oxygens (including phenoxy) is 2. The molecule has 0 aliphatic carbocycles. The van der Waals surface area contributed by atoms with Gasteiger partial charge in [0.2, 0.25) is 0 Å². The molecule has 1 amide bonds. The summed E-state index contributed by atoms with van der Waals surface area (Å²) in [5.74, 6) is 0.176. The third kappa shape index (κ3) is 5.54. The van der Waals surface area contributed by atoms with Crippen LogP contribution in [0, 0.1) is 5.82 Å². The van der Waals surface area contributed by atoms with E-state index in [0.717, 1.165) is 19.3 Å². The topological polar surface area (TPSA) is 38.8 Å². The molecule has 1 fully saturated rings. The molecule has 3 rings (SSSR count). The van der Waals surface area contributed by atoms with E-state index in [9.17, 15) is 9.18 Å². The molecule has 0 aromatic heterocycles. The lowest BCUT2D eigenvalue weighted by Gasteiger charge is -2.26. The maximum absolute atomic E-state index is 14.0. The highest BCUT2D eigenvalue weighted by atomic mass is 19.1. The molecule has 1 saturated heterocycles. The summed E-state index contributed by atoms with van der Waals surface area (Å²) in [6.45, 7) is 3.39. The Labute approximate surface area is 159 Å². The zero-order valence-corrected chi connectivity index (χ0v) is 15.7. The fourth-order valence-corrected chi connectivity index (χ4v) is 3.18. The van der Waals surface area contributed by atoms with Gasteiger partial charge in [-0.2, -0.15) is 0 Å². The minimum atomic E-state index is -0.307. The predicted octanol–water partition coefficient (Wildman–Crippen LogP) is 3.97. The lowest BCUT2D eigenvalue weighted by molar-refractivity contribution is -0.135. The number of rotatable bonds is 8. The van der Waals surface area contributed by atoms with Crippen molar-refractivity contribution < 1.29 is 18.7 Å². The van der Waals surface area contributed by atoms with Gasteiger partial charge in [0.25, 0.3) is 5.91 Å². The third-order valence-corrected chi connectivity index (χ3v) is 4.81. The van der Waals surface area contributed by atoms with Crippen molar-refractivity contribution in [1.29, 1.82) is 0 Å². The number of aryl methyl sites for hydroxylation is 1. The SMILES string of the molecule is CCc1ccc(OCC(=O)N(Cc2ccccc2F)CC2CCCO2)cc1. The smallest absolute Gasteiger partial charge is 0.260 e. The highest BCUT2D eigenvalue weighted by molar-refractivity contribution is 5.77. The quantitative estimate of drug-likeness (QED) is 0.705. The van der Waals surface area contributed by atoms with E-state index in [1.54, 1.807) is 23.1 Å². The van der Waals surface area contributed by atoms with Crippen molar-refractivity contribution in [2.24, 2.45) is 0 Å². The van der Waals surface area contributed by atoms with Crippen LogP contribution in [-0.2, 0) is 22.5 Å². The highest BCUT2D eigenvalue weighted by Crippen LogP contribution is 2.17. The van der Waals surface area contributed by atoms with E-state index in [0.29, 0.717) is 24.5 Å². The number of benzene rings is 2. The first-order chi connectivity index (χ1) is 13.2. The Morgan fingerprint density at radius 3 is 2.67 bits per heavy atom. The molecule has 0 radical (unpaired) electrons. The summed E-state index contributed by atoms with van der Waals surface area (Å²) in [5.41, 5.74) is 1.71. The van der Waals surface area contributed by atoms with Gasteiger partial charge in [0.1, 0.15) is 11.6 Å². The van der Waals surface area contributed by atoms with Crippen LogP contribution in [0.3, 0.4) is 0 Å². The first-order valence-corrected chi connectivity index (χ1v) is 9.50. The molecule has 2 aromatic rings. The molecule has 1 heterocycles. The minimum absolute atomic E-state index is 0.00422. The summed E-state index contributed by atoms with van der Waals surface area (Å²) in [7, 11) is 0. The van der Waals surface area contributed by atoms with E-state index >= 15 is 0 Å². The number of nitrogens with zero attached hydrogens (tertiary/aromatic N) is 1. The molecular formula is C22H26FNO3. The van der Waals surface area contributed by atoms with Crippen molar-refractivity contribution >= 4 is 5.91 Å². The average Bonchev–Trinajstić information content (AvgIpc) is 3.21. The van der Waals surface area contributed by atoms with Crippen molar-refractivity contribution in [3.63, 3.8) is 0 Å². The zero-order chi connectivity index (χ0) is 19.1. The third-order valence-electron chi connectivity index (χ3n) is 4.81. The number of halogens is 1. The van der Waals surface area contributed by atoms with Gasteiger partial charge in [-0.15, -0.1) is 0 Å². The maximum Gasteiger partial charge on any atom is 0.260 e. The summed E-state index contributed by atoms with van der Waals surface area (Å²) in [5, 5.41) is 0. The Balaban J connectivity index is 1.64. The van der Waals surface area contributed by atoms with Gasteiger partial charge in [0.15, 0.2) is 6.61 Å². The fourth-order valence-electron chi connectivity index (χ4n) is 3.18. The van der Waals surface area contributed by atoms with Crippen molar-refractivity contribution in [3.8, 4) is 5.75 Å². The second-order valence-electron chi connectivity index (χ2n) is 6.79. The zero-order valence-electron chi connectivity index (χ0n) is 15.7. The monoisotopic (exact) mass is 371 g/mol. The molecule has 0 bridgehead atoms. The summed E-state index contributed by atoms with van der Waals surface area (Å²) in [4.78, 5) is 14.4. The van der Waals surface area contributed by atoms with Crippen LogP contribution in [-0.4, -0.2) is 36.7 Å². The van der Waals surface area contributed by atoms with Crippen LogP contribution >= 0.6 is 0 Å². The maximum atomic E-state index is 14.0. The normalized spacial score (nSPS) is 16.3. The number of carbonyl (C=O) groups excluding carboxylic acids is 1. The van der Waals surface area contributed by atoms with Gasteiger partial charge >= 0.3 is 0 Å². The summed E-state index contributed by atoms with van der Waals surface area (Å²) in [6.07, 6.45) is 2.87. The molecule has 1 aliphatic rings. The number of carbonyl (C=O) groups is 1. The van der Waals surface area contributed by atoms with Crippen LogP contribution in [0.5, 0.6) is 5.75 Å². The summed E-state index contributed by atoms with van der Waals surface area (Å²) < 4.78 is 25.4. The van der Waals surface area contributed by atoms with Crippen molar-refractivity contribution in [3.05, 3.63) is 65.5 Å². The van der Waals surface area contributed by atoms with Crippen LogP contribution in [0.15, 0.2) is 48.5 Å². The van der Waals surface area contributed by atoms with E-state index in [1.807, 2.05) is 24.3 Å². The van der Waals surface area contributed by atoms with Crippen LogP contribution in [0.4, 0.5) is 4.39 Å². The second-order valence-corrected chi connectivity index (χ2v) is 6.79. The van der Waals surface area contributed by atoms with E-state index in [4.69, 9.17) is 9.47 Å². The molecule has 5 heteroatoms. The van der Waals surface area contributed by atoms with Gasteiger partial charge < -0.3 is 14.4 Å². The molecule has 4 nitrogen and oxygen atoms in total. The van der Waals surface area contributed by atoms with Gasteiger partial charge in [-0.25, -0.2) is 4.39 Å². The second kappa shape index (κ2) is 9.51. The number of hydrogen-bond donors (Lipinski definition) is 0. The molecule has 0 spiro atoms. The summed E-state index contributed by atoms with van der Waals surface area (Å²) in [6, 6.07) is 14.3. The molecular weight excluding hydrogens is 345 g/mol. The van der Waals surface area contributed by atoms with Crippen LogP contribution < -0.4 is 4.74 Å². The van der Waals surface area contributed by atoms with Gasteiger partial charge in [-0.3, -0.25) is 4.79 Å². The lowest BCUT2D eigenvalue weighted by atomic mass is 10.1. The Morgan fingerprint density at radius 1 is 1.22 bits per heavy atom. The van der Waals surface area contributed by atoms with Crippen molar-refractivity contribution in [2.75, 3.05) is 19.8 Å². The van der Waals surface area contributed by atoms with Crippen LogP contribution in [0.25, 0.3) is 0 Å². The van der Waals surface area contributed by atoms with E-state index in [2.05, 4.69) is 6.92 Å². The molecule has 1 unspecified atom stereocenters. The van der Waals surface area contributed by atoms with Crippen molar-refractivity contribution in [1.82, 2.24) is 4.90 Å². The Kier molecular flexibility index (Phi) is 6.82. The Morgan fingerprint density at radius 2 is 2.00 bits per heavy atom. The Hall–Kier alpha value is -2.40. The molecule has 1 aliphatic heterocycles. The number of hydrogen-bond acceptors (Lipinski definition) is 3. The van der Waals surface area contributed by atoms with Crippen molar-refractivity contribution in [2.45, 2.75) is 38.8 Å². The number of amides is 1. The molecule has 1 atom stereocenters. The van der Waals surface area contributed by atoms with Gasteiger partial charge in [0.05, 0.1) is 6.10 Å². The van der Waals surface area contributed by atoms with E-state index in [-0.39, 0.29) is 31.0 Å². The Bertz CT molecular complexity index is 741.